The van der Waals surface area contributed by atoms with Crippen LogP contribution in [-0.4, -0.2) is 68.3 Å². The van der Waals surface area contributed by atoms with E-state index in [-0.39, 0.29) is 23.3 Å². The monoisotopic (exact) mass is 497 g/mol. The molecule has 0 bridgehead atoms. The SMILES string of the molecule is O=C([C@H]1CN(C(=O)c2ccc(S(=O)(=O)N3CCCCC3)cc2)c2ccccc2O1)N1CCCCC1. The number of para-hydroxylation sites is 2. The van der Waals surface area contributed by atoms with Crippen LogP contribution in [0.1, 0.15) is 48.9 Å². The first-order valence-electron chi connectivity index (χ1n) is 12.4. The highest BCUT2D eigenvalue weighted by molar-refractivity contribution is 7.89. The lowest BCUT2D eigenvalue weighted by Crippen LogP contribution is -2.52. The third kappa shape index (κ3) is 4.79. The van der Waals surface area contributed by atoms with Crippen molar-refractivity contribution < 1.29 is 22.7 Å². The van der Waals surface area contributed by atoms with E-state index in [1.807, 2.05) is 17.0 Å². The molecular weight excluding hydrogens is 466 g/mol. The molecule has 9 heteroatoms. The number of sulfonamides is 1. The second-order valence-electron chi connectivity index (χ2n) is 9.37. The van der Waals surface area contributed by atoms with Crippen LogP contribution < -0.4 is 9.64 Å². The van der Waals surface area contributed by atoms with Crippen LogP contribution in [0.4, 0.5) is 5.69 Å². The van der Waals surface area contributed by atoms with Crippen molar-refractivity contribution in [3.8, 4) is 5.75 Å². The van der Waals surface area contributed by atoms with E-state index in [4.69, 9.17) is 4.74 Å². The second-order valence-corrected chi connectivity index (χ2v) is 11.3. The highest BCUT2D eigenvalue weighted by atomic mass is 32.2. The van der Waals surface area contributed by atoms with E-state index in [0.717, 1.165) is 38.5 Å². The van der Waals surface area contributed by atoms with Crippen LogP contribution in [0.3, 0.4) is 0 Å². The van der Waals surface area contributed by atoms with Crippen molar-refractivity contribution in [1.29, 1.82) is 0 Å². The summed E-state index contributed by atoms with van der Waals surface area (Å²) in [5, 5.41) is 0. The van der Waals surface area contributed by atoms with Gasteiger partial charge in [-0.25, -0.2) is 8.42 Å². The lowest BCUT2D eigenvalue weighted by atomic mass is 10.1. The average molecular weight is 498 g/mol. The average Bonchev–Trinajstić information content (AvgIpc) is 2.92. The van der Waals surface area contributed by atoms with Gasteiger partial charge in [0.25, 0.3) is 11.8 Å². The number of likely N-dealkylation sites (tertiary alicyclic amines) is 1. The minimum absolute atomic E-state index is 0.0972. The molecule has 1 atom stereocenters. The van der Waals surface area contributed by atoms with Crippen molar-refractivity contribution in [3.05, 3.63) is 54.1 Å². The number of nitrogens with zero attached hydrogens (tertiary/aromatic N) is 3. The van der Waals surface area contributed by atoms with Gasteiger partial charge in [-0.3, -0.25) is 9.59 Å². The van der Waals surface area contributed by atoms with Gasteiger partial charge in [0.05, 0.1) is 17.1 Å². The van der Waals surface area contributed by atoms with E-state index in [1.54, 1.807) is 29.2 Å². The molecule has 2 amide bonds. The van der Waals surface area contributed by atoms with Crippen LogP contribution in [0.25, 0.3) is 0 Å². The number of hydrogen-bond acceptors (Lipinski definition) is 5. The first kappa shape index (κ1) is 23.8. The Labute approximate surface area is 206 Å². The number of rotatable bonds is 4. The first-order chi connectivity index (χ1) is 16.9. The number of anilines is 1. The summed E-state index contributed by atoms with van der Waals surface area (Å²) in [5.41, 5.74) is 0.966. The molecule has 3 heterocycles. The number of amides is 2. The van der Waals surface area contributed by atoms with Gasteiger partial charge in [-0.1, -0.05) is 18.6 Å². The van der Waals surface area contributed by atoms with Gasteiger partial charge in [0.1, 0.15) is 5.75 Å². The molecule has 0 saturated carbocycles. The van der Waals surface area contributed by atoms with Crippen LogP contribution in [-0.2, 0) is 14.8 Å². The molecule has 2 aromatic rings. The van der Waals surface area contributed by atoms with E-state index in [1.165, 1.54) is 16.4 Å². The van der Waals surface area contributed by atoms with Gasteiger partial charge in [0.15, 0.2) is 6.10 Å². The summed E-state index contributed by atoms with van der Waals surface area (Å²) in [6, 6.07) is 13.3. The molecule has 0 aromatic heterocycles. The normalized spacial score (nSPS) is 21.2. The Hall–Kier alpha value is -2.91. The molecule has 3 aliphatic heterocycles. The molecular formula is C26H31N3O5S. The molecule has 0 spiro atoms. The van der Waals surface area contributed by atoms with Crippen molar-refractivity contribution in [2.75, 3.05) is 37.6 Å². The van der Waals surface area contributed by atoms with Crippen LogP contribution in [0.15, 0.2) is 53.4 Å². The summed E-state index contributed by atoms with van der Waals surface area (Å²) >= 11 is 0. The third-order valence-corrected chi connectivity index (χ3v) is 8.93. The maximum absolute atomic E-state index is 13.6. The molecule has 0 radical (unpaired) electrons. The Morgan fingerprint density at radius 2 is 1.43 bits per heavy atom. The van der Waals surface area contributed by atoms with Crippen molar-refractivity contribution in [3.63, 3.8) is 0 Å². The van der Waals surface area contributed by atoms with E-state index in [0.29, 0.717) is 43.2 Å². The van der Waals surface area contributed by atoms with Crippen molar-refractivity contribution in [2.24, 2.45) is 0 Å². The van der Waals surface area contributed by atoms with Crippen molar-refractivity contribution in [1.82, 2.24) is 9.21 Å². The van der Waals surface area contributed by atoms with Crippen molar-refractivity contribution in [2.45, 2.75) is 49.5 Å². The Kier molecular flexibility index (Phi) is 6.80. The van der Waals surface area contributed by atoms with E-state index in [9.17, 15) is 18.0 Å². The third-order valence-electron chi connectivity index (χ3n) is 7.02. The maximum atomic E-state index is 13.6. The molecule has 35 heavy (non-hydrogen) atoms. The molecule has 2 saturated heterocycles. The Morgan fingerprint density at radius 3 is 2.11 bits per heavy atom. The van der Waals surface area contributed by atoms with Gasteiger partial charge in [0.2, 0.25) is 10.0 Å². The van der Waals surface area contributed by atoms with Gasteiger partial charge in [-0.15, -0.1) is 0 Å². The van der Waals surface area contributed by atoms with Crippen LogP contribution in [0.2, 0.25) is 0 Å². The zero-order chi connectivity index (χ0) is 24.4. The quantitative estimate of drug-likeness (QED) is 0.647. The van der Waals surface area contributed by atoms with Crippen LogP contribution in [0.5, 0.6) is 5.75 Å². The summed E-state index contributed by atoms with van der Waals surface area (Å²) in [6.07, 6.45) is 5.07. The largest absolute Gasteiger partial charge is 0.476 e. The van der Waals surface area contributed by atoms with E-state index in [2.05, 4.69) is 0 Å². The fourth-order valence-corrected chi connectivity index (χ4v) is 6.57. The highest BCUT2D eigenvalue weighted by Crippen LogP contribution is 2.35. The van der Waals surface area contributed by atoms with Gasteiger partial charge < -0.3 is 14.5 Å². The second kappa shape index (κ2) is 9.99. The van der Waals surface area contributed by atoms with E-state index >= 15 is 0 Å². The van der Waals surface area contributed by atoms with Gasteiger partial charge in [0, 0.05) is 31.7 Å². The number of piperidine rings is 2. The fourth-order valence-electron chi connectivity index (χ4n) is 5.05. The summed E-state index contributed by atoms with van der Waals surface area (Å²) in [5.74, 6) is 0.103. The predicted octanol–water partition coefficient (Wildman–Crippen LogP) is 3.28. The van der Waals surface area contributed by atoms with Crippen LogP contribution in [0, 0.1) is 0 Å². The van der Waals surface area contributed by atoms with Gasteiger partial charge in [-0.05, 0) is 68.5 Å². The first-order valence-corrected chi connectivity index (χ1v) is 13.9. The lowest BCUT2D eigenvalue weighted by molar-refractivity contribution is -0.139. The molecule has 2 fully saturated rings. The minimum Gasteiger partial charge on any atom is -0.476 e. The minimum atomic E-state index is -3.57. The Morgan fingerprint density at radius 1 is 0.800 bits per heavy atom. The number of hydrogen-bond donors (Lipinski definition) is 0. The van der Waals surface area contributed by atoms with Crippen molar-refractivity contribution >= 4 is 27.5 Å². The summed E-state index contributed by atoms with van der Waals surface area (Å²) < 4.78 is 33.5. The maximum Gasteiger partial charge on any atom is 0.265 e. The standard InChI is InChI=1S/C26H31N3O5S/c30-25(20-11-13-21(14-12-20)35(32,33)28-17-7-2-8-18-28)29-19-24(26(31)27-15-5-1-6-16-27)34-23-10-4-3-9-22(23)29/h3-4,9-14,24H,1-2,5-8,15-19H2/t24-/m1/s1. The van der Waals surface area contributed by atoms with E-state index < -0.39 is 16.1 Å². The number of benzene rings is 2. The smallest absolute Gasteiger partial charge is 0.265 e. The molecule has 2 aromatic carbocycles. The number of fused-ring (bicyclic) bond motifs is 1. The van der Waals surface area contributed by atoms with Gasteiger partial charge in [-0.2, -0.15) is 4.31 Å². The fraction of sp³-hybridized carbons (Fsp3) is 0.462. The Bertz CT molecular complexity index is 1190. The molecule has 0 aliphatic carbocycles. The molecule has 8 nitrogen and oxygen atoms in total. The summed E-state index contributed by atoms with van der Waals surface area (Å²) in [6.45, 7) is 2.58. The zero-order valence-corrected chi connectivity index (χ0v) is 20.6. The molecule has 0 unspecified atom stereocenters. The molecule has 5 rings (SSSR count). The topological polar surface area (TPSA) is 87.2 Å². The molecule has 3 aliphatic rings. The molecule has 0 N–H and O–H groups in total. The molecule has 186 valence electrons. The number of ether oxygens (including phenoxy) is 1. The number of carbonyl (C=O) groups is 2. The summed E-state index contributed by atoms with van der Waals surface area (Å²) in [4.78, 5) is 30.3. The van der Waals surface area contributed by atoms with Gasteiger partial charge >= 0.3 is 0 Å². The number of carbonyl (C=O) groups excluding carboxylic acids is 2. The Balaban J connectivity index is 1.38. The van der Waals surface area contributed by atoms with Crippen LogP contribution >= 0.6 is 0 Å². The predicted molar refractivity (Wildman–Crippen MR) is 132 cm³/mol. The zero-order valence-electron chi connectivity index (χ0n) is 19.8. The summed E-state index contributed by atoms with van der Waals surface area (Å²) in [7, 11) is -3.57. The lowest BCUT2D eigenvalue weighted by Gasteiger charge is -2.37. The highest BCUT2D eigenvalue weighted by Gasteiger charge is 2.36.